The van der Waals surface area contributed by atoms with Crippen molar-refractivity contribution in [3.63, 3.8) is 0 Å². The Hall–Kier alpha value is -1.85. The highest BCUT2D eigenvalue weighted by atomic mass is 16.3. The molecule has 5 nitrogen and oxygen atoms in total. The van der Waals surface area contributed by atoms with E-state index in [0.717, 1.165) is 17.7 Å². The average Bonchev–Trinajstić information content (AvgIpc) is 2.85. The second-order valence-corrected chi connectivity index (χ2v) is 4.53. The molecule has 1 aromatic heterocycles. The Bertz CT molecular complexity index is 524. The Kier molecular flexibility index (Phi) is 4.54. The van der Waals surface area contributed by atoms with Crippen molar-refractivity contribution < 1.29 is 5.11 Å². The summed E-state index contributed by atoms with van der Waals surface area (Å²) in [6.07, 6.45) is 3.96. The molecule has 1 atom stereocenters. The van der Waals surface area contributed by atoms with Crippen LogP contribution in [0.2, 0.25) is 0 Å². The summed E-state index contributed by atoms with van der Waals surface area (Å²) in [6, 6.07) is 8.05. The molecular formula is C14H20N4O. The van der Waals surface area contributed by atoms with Crippen LogP contribution in [0.25, 0.3) is 5.69 Å². The van der Waals surface area contributed by atoms with E-state index in [9.17, 15) is 5.11 Å². The third-order valence-electron chi connectivity index (χ3n) is 3.04. The lowest BCUT2D eigenvalue weighted by atomic mass is 10.1. The standard InChI is InChI=1S/C14H20N4O/c1-2-12(19)8-16-7-11-5-3-4-6-13(11)18-9-14(15)17-10-18/h3-6,9-10,12,16,19H,2,7-8,15H2,1H3. The van der Waals surface area contributed by atoms with Gasteiger partial charge in [-0.1, -0.05) is 25.1 Å². The quantitative estimate of drug-likeness (QED) is 0.732. The number of hydrogen-bond acceptors (Lipinski definition) is 4. The molecular weight excluding hydrogens is 240 g/mol. The molecule has 2 rings (SSSR count). The summed E-state index contributed by atoms with van der Waals surface area (Å²) in [4.78, 5) is 4.04. The van der Waals surface area contributed by atoms with Gasteiger partial charge in [0.05, 0.1) is 18.0 Å². The maximum absolute atomic E-state index is 9.53. The van der Waals surface area contributed by atoms with Crippen molar-refractivity contribution in [2.45, 2.75) is 26.0 Å². The maximum atomic E-state index is 9.53. The SMILES string of the molecule is CCC(O)CNCc1ccccc1-n1cnc(N)c1. The van der Waals surface area contributed by atoms with Gasteiger partial charge in [0, 0.05) is 13.1 Å². The lowest BCUT2D eigenvalue weighted by Gasteiger charge is -2.13. The third-order valence-corrected chi connectivity index (χ3v) is 3.04. The smallest absolute Gasteiger partial charge is 0.141 e. The number of aliphatic hydroxyl groups excluding tert-OH is 1. The minimum atomic E-state index is -0.295. The molecule has 0 aliphatic carbocycles. The van der Waals surface area contributed by atoms with E-state index >= 15 is 0 Å². The molecule has 4 N–H and O–H groups in total. The van der Waals surface area contributed by atoms with Crippen LogP contribution in [0.4, 0.5) is 5.82 Å². The first-order chi connectivity index (χ1) is 9.20. The summed E-state index contributed by atoms with van der Waals surface area (Å²) in [5.74, 6) is 0.504. The summed E-state index contributed by atoms with van der Waals surface area (Å²) in [6.45, 7) is 3.26. The molecule has 0 saturated carbocycles. The number of para-hydroxylation sites is 1. The lowest BCUT2D eigenvalue weighted by molar-refractivity contribution is 0.167. The number of hydrogen-bond donors (Lipinski definition) is 3. The van der Waals surface area contributed by atoms with E-state index in [1.807, 2.05) is 29.7 Å². The number of nitrogens with zero attached hydrogens (tertiary/aromatic N) is 2. The molecule has 1 heterocycles. The van der Waals surface area contributed by atoms with Crippen LogP contribution in [0.15, 0.2) is 36.8 Å². The summed E-state index contributed by atoms with van der Waals surface area (Å²) in [5, 5.41) is 12.8. The van der Waals surface area contributed by atoms with Crippen LogP contribution in [-0.2, 0) is 6.54 Å². The van der Waals surface area contributed by atoms with Crippen LogP contribution < -0.4 is 11.1 Å². The van der Waals surface area contributed by atoms with Gasteiger partial charge in [-0.2, -0.15) is 0 Å². The number of nitrogen functional groups attached to an aromatic ring is 1. The Labute approximate surface area is 113 Å². The van der Waals surface area contributed by atoms with Gasteiger partial charge in [-0.3, -0.25) is 0 Å². The highest BCUT2D eigenvalue weighted by Crippen LogP contribution is 2.15. The summed E-state index contributed by atoms with van der Waals surface area (Å²) >= 11 is 0. The minimum absolute atomic E-state index is 0.295. The molecule has 5 heteroatoms. The van der Waals surface area contributed by atoms with Gasteiger partial charge < -0.3 is 20.7 Å². The van der Waals surface area contributed by atoms with E-state index in [0.29, 0.717) is 18.9 Å². The number of aliphatic hydroxyl groups is 1. The zero-order chi connectivity index (χ0) is 13.7. The van der Waals surface area contributed by atoms with Gasteiger partial charge in [0.1, 0.15) is 12.1 Å². The summed E-state index contributed by atoms with van der Waals surface area (Å²) in [7, 11) is 0. The van der Waals surface area contributed by atoms with Crippen LogP contribution in [-0.4, -0.2) is 27.3 Å². The molecule has 1 aromatic carbocycles. The summed E-state index contributed by atoms with van der Waals surface area (Å²) in [5.41, 5.74) is 7.83. The van der Waals surface area contributed by atoms with Crippen molar-refractivity contribution in [3.05, 3.63) is 42.4 Å². The number of aromatic nitrogens is 2. The van der Waals surface area contributed by atoms with Crippen LogP contribution >= 0.6 is 0 Å². The Morgan fingerprint density at radius 2 is 2.21 bits per heavy atom. The Morgan fingerprint density at radius 1 is 1.42 bits per heavy atom. The van der Waals surface area contributed by atoms with E-state index in [1.165, 1.54) is 0 Å². The van der Waals surface area contributed by atoms with Gasteiger partial charge in [-0.05, 0) is 18.1 Å². The van der Waals surface area contributed by atoms with Gasteiger partial charge in [0.15, 0.2) is 0 Å². The van der Waals surface area contributed by atoms with Crippen molar-refractivity contribution in [2.75, 3.05) is 12.3 Å². The molecule has 0 amide bonds. The molecule has 102 valence electrons. The van der Waals surface area contributed by atoms with Crippen LogP contribution in [0, 0.1) is 0 Å². The molecule has 0 aliphatic heterocycles. The molecule has 0 spiro atoms. The number of rotatable bonds is 6. The first kappa shape index (κ1) is 13.6. The second kappa shape index (κ2) is 6.36. The Morgan fingerprint density at radius 3 is 2.89 bits per heavy atom. The maximum Gasteiger partial charge on any atom is 0.141 e. The van der Waals surface area contributed by atoms with Crippen molar-refractivity contribution >= 4 is 5.82 Å². The number of nitrogens with two attached hydrogens (primary N) is 1. The molecule has 0 bridgehead atoms. The predicted molar refractivity (Wildman–Crippen MR) is 76.0 cm³/mol. The van der Waals surface area contributed by atoms with E-state index in [-0.39, 0.29) is 6.10 Å². The fourth-order valence-electron chi connectivity index (χ4n) is 1.90. The number of imidazole rings is 1. The minimum Gasteiger partial charge on any atom is -0.392 e. The largest absolute Gasteiger partial charge is 0.392 e. The topological polar surface area (TPSA) is 76.1 Å². The van der Waals surface area contributed by atoms with Gasteiger partial charge in [-0.25, -0.2) is 4.98 Å². The zero-order valence-corrected chi connectivity index (χ0v) is 11.1. The first-order valence-electron chi connectivity index (χ1n) is 6.47. The van der Waals surface area contributed by atoms with Crippen molar-refractivity contribution in [3.8, 4) is 5.69 Å². The molecule has 2 aromatic rings. The van der Waals surface area contributed by atoms with Crippen molar-refractivity contribution in [2.24, 2.45) is 0 Å². The van der Waals surface area contributed by atoms with Crippen LogP contribution in [0.3, 0.4) is 0 Å². The van der Waals surface area contributed by atoms with E-state index < -0.39 is 0 Å². The molecule has 1 unspecified atom stereocenters. The second-order valence-electron chi connectivity index (χ2n) is 4.53. The number of nitrogens with one attached hydrogen (secondary N) is 1. The average molecular weight is 260 g/mol. The normalized spacial score (nSPS) is 12.5. The molecule has 0 saturated heterocycles. The molecule has 0 fully saturated rings. The summed E-state index contributed by atoms with van der Waals surface area (Å²) < 4.78 is 1.91. The predicted octanol–water partition coefficient (Wildman–Crippen LogP) is 1.31. The molecule has 19 heavy (non-hydrogen) atoms. The van der Waals surface area contributed by atoms with Crippen molar-refractivity contribution in [1.82, 2.24) is 14.9 Å². The van der Waals surface area contributed by atoms with Gasteiger partial charge in [-0.15, -0.1) is 0 Å². The molecule has 0 aliphatic rings. The van der Waals surface area contributed by atoms with Gasteiger partial charge >= 0.3 is 0 Å². The zero-order valence-electron chi connectivity index (χ0n) is 11.1. The highest BCUT2D eigenvalue weighted by molar-refractivity contribution is 5.43. The van der Waals surface area contributed by atoms with Crippen molar-refractivity contribution in [1.29, 1.82) is 0 Å². The van der Waals surface area contributed by atoms with E-state index in [1.54, 1.807) is 12.5 Å². The third kappa shape index (κ3) is 3.56. The van der Waals surface area contributed by atoms with Gasteiger partial charge in [0.25, 0.3) is 0 Å². The fraction of sp³-hybridized carbons (Fsp3) is 0.357. The van der Waals surface area contributed by atoms with Gasteiger partial charge in [0.2, 0.25) is 0 Å². The number of benzene rings is 1. The van der Waals surface area contributed by atoms with Crippen LogP contribution in [0.1, 0.15) is 18.9 Å². The Balaban J connectivity index is 2.08. The fourth-order valence-corrected chi connectivity index (χ4v) is 1.90. The highest BCUT2D eigenvalue weighted by Gasteiger charge is 2.05. The van der Waals surface area contributed by atoms with Crippen LogP contribution in [0.5, 0.6) is 0 Å². The first-order valence-corrected chi connectivity index (χ1v) is 6.47. The lowest BCUT2D eigenvalue weighted by Crippen LogP contribution is -2.26. The number of anilines is 1. The molecule has 0 radical (unpaired) electrons. The van der Waals surface area contributed by atoms with E-state index in [4.69, 9.17) is 5.73 Å². The van der Waals surface area contributed by atoms with E-state index in [2.05, 4.69) is 16.4 Å². The monoisotopic (exact) mass is 260 g/mol.